The topological polar surface area (TPSA) is 62.3 Å². The Morgan fingerprint density at radius 3 is 2.67 bits per heavy atom. The molecule has 5 heteroatoms. The van der Waals surface area contributed by atoms with Crippen LogP contribution in [0.2, 0.25) is 0 Å². The summed E-state index contributed by atoms with van der Waals surface area (Å²) in [6.45, 7) is 2.80. The van der Waals surface area contributed by atoms with E-state index in [0.717, 1.165) is 24.9 Å². The molecule has 0 bridgehead atoms. The number of rotatable bonds is 4. The Hall–Kier alpha value is -3.21. The van der Waals surface area contributed by atoms with E-state index in [9.17, 15) is 9.59 Å². The Morgan fingerprint density at radius 1 is 1.15 bits per heavy atom. The minimum Gasteiger partial charge on any atom is -0.335 e. The highest BCUT2D eigenvalue weighted by Crippen LogP contribution is 2.22. The third kappa shape index (κ3) is 5.38. The fourth-order valence-electron chi connectivity index (χ4n) is 3.02. The Morgan fingerprint density at radius 2 is 1.96 bits per heavy atom. The van der Waals surface area contributed by atoms with E-state index >= 15 is 0 Å². The van der Waals surface area contributed by atoms with Gasteiger partial charge in [0, 0.05) is 32.3 Å². The van der Waals surface area contributed by atoms with E-state index in [4.69, 9.17) is 0 Å². The molecule has 0 aliphatic carbocycles. The maximum Gasteiger partial charge on any atom is 0.246 e. The van der Waals surface area contributed by atoms with Crippen molar-refractivity contribution in [1.29, 1.82) is 0 Å². The molecular formula is C22H23N3O2. The number of anilines is 1. The molecule has 0 saturated heterocycles. The summed E-state index contributed by atoms with van der Waals surface area (Å²) >= 11 is 0. The first kappa shape index (κ1) is 18.6. The Kier molecular flexibility index (Phi) is 6.15. The van der Waals surface area contributed by atoms with Gasteiger partial charge in [0.2, 0.25) is 11.8 Å². The second-order valence-electron chi connectivity index (χ2n) is 6.47. The highest BCUT2D eigenvalue weighted by Gasteiger charge is 2.14. The van der Waals surface area contributed by atoms with Crippen LogP contribution in [0.3, 0.4) is 0 Å². The summed E-state index contributed by atoms with van der Waals surface area (Å²) in [6, 6.07) is 13.8. The van der Waals surface area contributed by atoms with Gasteiger partial charge >= 0.3 is 0 Å². The number of pyridine rings is 1. The normalized spacial score (nSPS) is 14.6. The summed E-state index contributed by atoms with van der Waals surface area (Å²) in [5.41, 5.74) is 3.34. The van der Waals surface area contributed by atoms with Crippen molar-refractivity contribution in [2.24, 2.45) is 0 Å². The smallest absolute Gasteiger partial charge is 0.246 e. The van der Waals surface area contributed by atoms with Gasteiger partial charge in [-0.3, -0.25) is 9.59 Å². The van der Waals surface area contributed by atoms with Crippen molar-refractivity contribution < 1.29 is 9.59 Å². The standard InChI is InChI=1S/C22H23N3O2/c1-17(26)24-21-11-9-18(16-23-21)10-12-22(27)25-14-5-8-20(13-15-25)19-6-3-2-4-7-19/h2-4,6-7,9-13,16H,5,8,14-15H2,1H3,(H,23,24,26)/b12-10+. The number of carbonyl (C=O) groups excluding carboxylic acids is 2. The molecule has 0 fully saturated rings. The quantitative estimate of drug-likeness (QED) is 0.844. The van der Waals surface area contributed by atoms with Crippen molar-refractivity contribution in [3.05, 3.63) is 71.9 Å². The summed E-state index contributed by atoms with van der Waals surface area (Å²) in [5.74, 6) is 0.327. The maximum atomic E-state index is 12.5. The third-order valence-corrected chi connectivity index (χ3v) is 4.40. The number of aromatic nitrogens is 1. The first-order valence-electron chi connectivity index (χ1n) is 9.07. The van der Waals surface area contributed by atoms with E-state index < -0.39 is 0 Å². The zero-order valence-corrected chi connectivity index (χ0v) is 15.4. The van der Waals surface area contributed by atoms with Gasteiger partial charge in [-0.1, -0.05) is 36.4 Å². The molecule has 1 aliphatic rings. The molecule has 5 nitrogen and oxygen atoms in total. The monoisotopic (exact) mass is 361 g/mol. The van der Waals surface area contributed by atoms with E-state index in [1.165, 1.54) is 18.1 Å². The van der Waals surface area contributed by atoms with Crippen LogP contribution in [0, 0.1) is 0 Å². The molecule has 2 aromatic rings. The lowest BCUT2D eigenvalue weighted by atomic mass is 10.0. The van der Waals surface area contributed by atoms with Crippen molar-refractivity contribution in [2.45, 2.75) is 19.8 Å². The van der Waals surface area contributed by atoms with Crippen LogP contribution in [0.25, 0.3) is 11.6 Å². The predicted molar refractivity (Wildman–Crippen MR) is 108 cm³/mol. The van der Waals surface area contributed by atoms with Gasteiger partial charge in [-0.05, 0) is 47.8 Å². The molecule has 1 N–H and O–H groups in total. The van der Waals surface area contributed by atoms with Gasteiger partial charge in [0.1, 0.15) is 5.82 Å². The molecule has 1 aliphatic heterocycles. The largest absolute Gasteiger partial charge is 0.335 e. The summed E-state index contributed by atoms with van der Waals surface area (Å²) in [4.78, 5) is 29.5. The first-order valence-corrected chi connectivity index (χ1v) is 9.07. The van der Waals surface area contributed by atoms with Crippen LogP contribution >= 0.6 is 0 Å². The number of nitrogens with one attached hydrogen (secondary N) is 1. The second kappa shape index (κ2) is 8.94. The number of benzene rings is 1. The number of hydrogen-bond donors (Lipinski definition) is 1. The van der Waals surface area contributed by atoms with E-state index in [1.807, 2.05) is 29.2 Å². The van der Waals surface area contributed by atoms with Gasteiger partial charge < -0.3 is 10.2 Å². The molecule has 2 amide bonds. The minimum atomic E-state index is -0.162. The average Bonchev–Trinajstić information content (AvgIpc) is 2.94. The zero-order valence-electron chi connectivity index (χ0n) is 15.4. The third-order valence-electron chi connectivity index (χ3n) is 4.40. The number of carbonyl (C=O) groups is 2. The number of nitrogens with zero attached hydrogens (tertiary/aromatic N) is 2. The number of amides is 2. The Bertz CT molecular complexity index is 855. The van der Waals surface area contributed by atoms with Gasteiger partial charge in [-0.15, -0.1) is 0 Å². The molecule has 3 rings (SSSR count). The fraction of sp³-hybridized carbons (Fsp3) is 0.227. The van der Waals surface area contributed by atoms with Crippen molar-refractivity contribution in [3.63, 3.8) is 0 Å². The molecule has 0 unspecified atom stereocenters. The highest BCUT2D eigenvalue weighted by molar-refractivity contribution is 5.92. The second-order valence-corrected chi connectivity index (χ2v) is 6.47. The van der Waals surface area contributed by atoms with Gasteiger partial charge in [0.15, 0.2) is 0 Å². The Labute approximate surface area is 159 Å². The first-order chi connectivity index (χ1) is 13.1. The van der Waals surface area contributed by atoms with Crippen molar-refractivity contribution in [2.75, 3.05) is 18.4 Å². The predicted octanol–water partition coefficient (Wildman–Crippen LogP) is 3.76. The molecule has 0 radical (unpaired) electrons. The van der Waals surface area contributed by atoms with Gasteiger partial charge in [0.05, 0.1) is 0 Å². The van der Waals surface area contributed by atoms with Crippen LogP contribution in [-0.2, 0) is 9.59 Å². The summed E-state index contributed by atoms with van der Waals surface area (Å²) < 4.78 is 0. The molecule has 138 valence electrons. The zero-order chi connectivity index (χ0) is 19.1. The van der Waals surface area contributed by atoms with Crippen molar-refractivity contribution >= 4 is 29.3 Å². The van der Waals surface area contributed by atoms with E-state index in [-0.39, 0.29) is 11.8 Å². The fourth-order valence-corrected chi connectivity index (χ4v) is 3.02. The van der Waals surface area contributed by atoms with Crippen LogP contribution in [-0.4, -0.2) is 34.8 Å². The molecule has 2 heterocycles. The molecule has 0 saturated carbocycles. The molecule has 0 atom stereocenters. The molecule has 1 aromatic heterocycles. The van der Waals surface area contributed by atoms with Crippen LogP contribution in [0.4, 0.5) is 5.82 Å². The van der Waals surface area contributed by atoms with E-state index in [1.54, 1.807) is 24.4 Å². The lowest BCUT2D eigenvalue weighted by molar-refractivity contribution is -0.125. The maximum absolute atomic E-state index is 12.5. The van der Waals surface area contributed by atoms with E-state index in [2.05, 4.69) is 28.5 Å². The SMILES string of the molecule is CC(=O)Nc1ccc(/C=C/C(=O)N2CC=C(c3ccccc3)CCC2)cn1. The van der Waals surface area contributed by atoms with Crippen molar-refractivity contribution in [1.82, 2.24) is 9.88 Å². The number of hydrogen-bond acceptors (Lipinski definition) is 3. The molecule has 27 heavy (non-hydrogen) atoms. The highest BCUT2D eigenvalue weighted by atomic mass is 16.2. The minimum absolute atomic E-state index is 0.00787. The van der Waals surface area contributed by atoms with Crippen LogP contribution < -0.4 is 5.32 Å². The van der Waals surface area contributed by atoms with Gasteiger partial charge in [-0.25, -0.2) is 4.98 Å². The van der Waals surface area contributed by atoms with Gasteiger partial charge in [-0.2, -0.15) is 0 Å². The van der Waals surface area contributed by atoms with Crippen LogP contribution in [0.5, 0.6) is 0 Å². The number of allylic oxidation sites excluding steroid dienone is 1. The molecular weight excluding hydrogens is 338 g/mol. The lowest BCUT2D eigenvalue weighted by Gasteiger charge is -2.17. The summed E-state index contributed by atoms with van der Waals surface area (Å²) in [6.07, 6.45) is 9.04. The average molecular weight is 361 g/mol. The van der Waals surface area contributed by atoms with Crippen molar-refractivity contribution in [3.8, 4) is 0 Å². The summed E-state index contributed by atoms with van der Waals surface area (Å²) in [5, 5.41) is 2.62. The van der Waals surface area contributed by atoms with Gasteiger partial charge in [0.25, 0.3) is 0 Å². The van der Waals surface area contributed by atoms with Crippen LogP contribution in [0.15, 0.2) is 60.8 Å². The molecule has 0 spiro atoms. The lowest BCUT2D eigenvalue weighted by Crippen LogP contribution is -2.29. The summed E-state index contributed by atoms with van der Waals surface area (Å²) in [7, 11) is 0. The van der Waals surface area contributed by atoms with E-state index in [0.29, 0.717) is 12.4 Å². The molecule has 1 aromatic carbocycles. The Balaban J connectivity index is 1.61. The van der Waals surface area contributed by atoms with Crippen LogP contribution in [0.1, 0.15) is 30.9 Å².